The first-order chi connectivity index (χ1) is 9.60. The lowest BCUT2D eigenvalue weighted by molar-refractivity contribution is -0.00721. The van der Waals surface area contributed by atoms with Crippen LogP contribution in [0.3, 0.4) is 0 Å². The van der Waals surface area contributed by atoms with Gasteiger partial charge in [-0.1, -0.05) is 15.9 Å². The van der Waals surface area contributed by atoms with Crippen molar-refractivity contribution in [2.45, 2.75) is 45.3 Å². The van der Waals surface area contributed by atoms with Crippen LogP contribution in [-0.2, 0) is 4.74 Å². The number of hydrogen-bond acceptors (Lipinski definition) is 3. The summed E-state index contributed by atoms with van der Waals surface area (Å²) in [5.74, 6) is 0.972. The number of ether oxygens (including phenoxy) is 2. The monoisotopic (exact) mass is 341 g/mol. The maximum Gasteiger partial charge on any atom is 0.126 e. The molecule has 2 unspecified atom stereocenters. The molecule has 1 heterocycles. The van der Waals surface area contributed by atoms with Gasteiger partial charge in [0.15, 0.2) is 0 Å². The topological polar surface area (TPSA) is 30.5 Å². The molecule has 2 rings (SSSR count). The number of likely N-dealkylation sites (N-methyl/N-ethyl adjacent to an activating group) is 1. The molecule has 1 aromatic carbocycles. The molecular formula is C16H24BrNO2. The van der Waals surface area contributed by atoms with E-state index in [1.807, 2.05) is 7.05 Å². The van der Waals surface area contributed by atoms with Crippen LogP contribution in [0.15, 0.2) is 10.5 Å². The van der Waals surface area contributed by atoms with Gasteiger partial charge in [0.2, 0.25) is 0 Å². The van der Waals surface area contributed by atoms with Crippen LogP contribution in [-0.4, -0.2) is 26.9 Å². The zero-order valence-electron chi connectivity index (χ0n) is 12.8. The lowest BCUT2D eigenvalue weighted by Gasteiger charge is -2.33. The minimum Gasteiger partial charge on any atom is -0.496 e. The van der Waals surface area contributed by atoms with Gasteiger partial charge in [0.1, 0.15) is 5.75 Å². The summed E-state index contributed by atoms with van der Waals surface area (Å²) in [6.45, 7) is 5.08. The van der Waals surface area contributed by atoms with E-state index in [-0.39, 0.29) is 12.1 Å². The summed E-state index contributed by atoms with van der Waals surface area (Å²) in [7, 11) is 3.74. The van der Waals surface area contributed by atoms with E-state index in [0.29, 0.717) is 0 Å². The number of hydrogen-bond donors (Lipinski definition) is 1. The predicted molar refractivity (Wildman–Crippen MR) is 85.6 cm³/mol. The molecular weight excluding hydrogens is 318 g/mol. The van der Waals surface area contributed by atoms with Crippen LogP contribution in [0.4, 0.5) is 0 Å². The van der Waals surface area contributed by atoms with Crippen LogP contribution in [0, 0.1) is 13.8 Å². The second-order valence-electron chi connectivity index (χ2n) is 5.42. The zero-order valence-corrected chi connectivity index (χ0v) is 14.3. The largest absolute Gasteiger partial charge is 0.496 e. The lowest BCUT2D eigenvalue weighted by atomic mass is 9.90. The summed E-state index contributed by atoms with van der Waals surface area (Å²) in [6, 6.07) is 2.29. The SMILES string of the molecule is CNC(c1c(C)c(Br)cc(C)c1OC)C1CCCCO1. The molecule has 1 aromatic rings. The summed E-state index contributed by atoms with van der Waals surface area (Å²) in [5, 5.41) is 3.43. The van der Waals surface area contributed by atoms with Gasteiger partial charge >= 0.3 is 0 Å². The predicted octanol–water partition coefficient (Wildman–Crippen LogP) is 3.90. The maximum atomic E-state index is 5.99. The van der Waals surface area contributed by atoms with Gasteiger partial charge in [-0.25, -0.2) is 0 Å². The smallest absolute Gasteiger partial charge is 0.126 e. The van der Waals surface area contributed by atoms with Crippen LogP contribution in [0.1, 0.15) is 42.0 Å². The highest BCUT2D eigenvalue weighted by molar-refractivity contribution is 9.10. The number of aryl methyl sites for hydroxylation is 1. The molecule has 1 aliphatic rings. The van der Waals surface area contributed by atoms with Gasteiger partial charge in [-0.2, -0.15) is 0 Å². The summed E-state index contributed by atoms with van der Waals surface area (Å²) in [5.41, 5.74) is 3.59. The van der Waals surface area contributed by atoms with Crippen molar-refractivity contribution in [3.05, 3.63) is 27.2 Å². The lowest BCUT2D eigenvalue weighted by Crippen LogP contribution is -2.35. The van der Waals surface area contributed by atoms with Crippen molar-refractivity contribution in [1.82, 2.24) is 5.32 Å². The highest BCUT2D eigenvalue weighted by Crippen LogP contribution is 2.39. The molecule has 3 nitrogen and oxygen atoms in total. The third-order valence-electron chi connectivity index (χ3n) is 4.12. The van der Waals surface area contributed by atoms with E-state index < -0.39 is 0 Å². The Labute approximate surface area is 130 Å². The Morgan fingerprint density at radius 1 is 1.40 bits per heavy atom. The summed E-state index contributed by atoms with van der Waals surface area (Å²) in [4.78, 5) is 0. The van der Waals surface area contributed by atoms with Crippen LogP contribution in [0.25, 0.3) is 0 Å². The Kier molecular flexibility index (Phi) is 5.47. The van der Waals surface area contributed by atoms with Crippen molar-refractivity contribution in [3.8, 4) is 5.75 Å². The van der Waals surface area contributed by atoms with Crippen molar-refractivity contribution in [2.24, 2.45) is 0 Å². The zero-order chi connectivity index (χ0) is 14.7. The number of nitrogens with one attached hydrogen (secondary N) is 1. The second-order valence-corrected chi connectivity index (χ2v) is 6.27. The fourth-order valence-electron chi connectivity index (χ4n) is 3.07. The van der Waals surface area contributed by atoms with E-state index in [9.17, 15) is 0 Å². The average Bonchev–Trinajstić information content (AvgIpc) is 2.46. The number of halogens is 1. The number of benzene rings is 1. The first-order valence-electron chi connectivity index (χ1n) is 7.22. The molecule has 0 aromatic heterocycles. The van der Waals surface area contributed by atoms with Crippen LogP contribution in [0.2, 0.25) is 0 Å². The molecule has 0 radical (unpaired) electrons. The van der Waals surface area contributed by atoms with Crippen molar-refractivity contribution >= 4 is 15.9 Å². The van der Waals surface area contributed by atoms with Gasteiger partial charge in [-0.3, -0.25) is 0 Å². The first kappa shape index (κ1) is 15.8. The first-order valence-corrected chi connectivity index (χ1v) is 8.02. The number of methoxy groups -OCH3 is 1. The Bertz CT molecular complexity index is 470. The van der Waals surface area contributed by atoms with Crippen LogP contribution >= 0.6 is 15.9 Å². The fourth-order valence-corrected chi connectivity index (χ4v) is 3.62. The molecule has 1 aliphatic heterocycles. The third kappa shape index (κ3) is 3.02. The van der Waals surface area contributed by atoms with Crippen molar-refractivity contribution in [3.63, 3.8) is 0 Å². The highest BCUT2D eigenvalue weighted by atomic mass is 79.9. The Hall–Kier alpha value is -0.580. The molecule has 1 fully saturated rings. The van der Waals surface area contributed by atoms with Gasteiger partial charge in [0.05, 0.1) is 19.3 Å². The highest BCUT2D eigenvalue weighted by Gasteiger charge is 2.29. The molecule has 0 bridgehead atoms. The second kappa shape index (κ2) is 6.92. The summed E-state index contributed by atoms with van der Waals surface area (Å²) in [6.07, 6.45) is 3.72. The van der Waals surface area contributed by atoms with Gasteiger partial charge in [0, 0.05) is 16.6 Å². The number of rotatable bonds is 4. The van der Waals surface area contributed by atoms with E-state index in [1.165, 1.54) is 24.0 Å². The van der Waals surface area contributed by atoms with E-state index in [1.54, 1.807) is 7.11 Å². The van der Waals surface area contributed by atoms with Gasteiger partial charge < -0.3 is 14.8 Å². The summed E-state index contributed by atoms with van der Waals surface area (Å²) >= 11 is 3.66. The quantitative estimate of drug-likeness (QED) is 0.900. The average molecular weight is 342 g/mol. The standard InChI is InChI=1S/C16H24BrNO2/c1-10-9-12(17)11(2)14(16(10)19-4)15(18-3)13-7-5-6-8-20-13/h9,13,15,18H,5-8H2,1-4H3. The Balaban J connectivity index is 2.47. The maximum absolute atomic E-state index is 5.99. The molecule has 112 valence electrons. The van der Waals surface area contributed by atoms with E-state index in [2.05, 4.69) is 41.2 Å². The van der Waals surface area contributed by atoms with Crippen LogP contribution < -0.4 is 10.1 Å². The normalized spacial score (nSPS) is 20.8. The fraction of sp³-hybridized carbons (Fsp3) is 0.625. The molecule has 0 saturated carbocycles. The van der Waals surface area contributed by atoms with Crippen molar-refractivity contribution in [2.75, 3.05) is 20.8 Å². The molecule has 0 spiro atoms. The third-order valence-corrected chi connectivity index (χ3v) is 4.94. The van der Waals surface area contributed by atoms with Crippen LogP contribution in [0.5, 0.6) is 5.75 Å². The van der Waals surface area contributed by atoms with E-state index in [4.69, 9.17) is 9.47 Å². The molecule has 20 heavy (non-hydrogen) atoms. The van der Waals surface area contributed by atoms with Gasteiger partial charge in [-0.05, 0) is 57.4 Å². The Morgan fingerprint density at radius 3 is 2.70 bits per heavy atom. The van der Waals surface area contributed by atoms with Crippen molar-refractivity contribution < 1.29 is 9.47 Å². The molecule has 4 heteroatoms. The molecule has 0 amide bonds. The minimum atomic E-state index is 0.168. The molecule has 1 N–H and O–H groups in total. The minimum absolute atomic E-state index is 0.168. The molecule has 1 saturated heterocycles. The van der Waals surface area contributed by atoms with Gasteiger partial charge in [0.25, 0.3) is 0 Å². The van der Waals surface area contributed by atoms with E-state index >= 15 is 0 Å². The van der Waals surface area contributed by atoms with Gasteiger partial charge in [-0.15, -0.1) is 0 Å². The van der Waals surface area contributed by atoms with Crippen molar-refractivity contribution in [1.29, 1.82) is 0 Å². The summed E-state index contributed by atoms with van der Waals surface area (Å²) < 4.78 is 12.8. The molecule has 2 atom stereocenters. The van der Waals surface area contributed by atoms with E-state index in [0.717, 1.165) is 28.8 Å². The molecule has 0 aliphatic carbocycles. The Morgan fingerprint density at radius 2 is 2.15 bits per heavy atom.